The van der Waals surface area contributed by atoms with Gasteiger partial charge in [-0.05, 0) is 6.92 Å². The van der Waals surface area contributed by atoms with Gasteiger partial charge >= 0.3 is 0 Å². The highest BCUT2D eigenvalue weighted by Gasteiger charge is 2.03. The maximum atomic E-state index is 10.6. The van der Waals surface area contributed by atoms with Crippen LogP contribution in [0.25, 0.3) is 0 Å². The Hall–Kier alpha value is -0.880. The zero-order valence-electron chi connectivity index (χ0n) is 6.77. The number of hydrogen-bond donors (Lipinski definition) is 1. The normalized spacial score (nSPS) is 11.8. The van der Waals surface area contributed by atoms with Gasteiger partial charge < -0.3 is 4.57 Å². The van der Waals surface area contributed by atoms with Crippen LogP contribution in [0.5, 0.6) is 0 Å². The van der Waals surface area contributed by atoms with Gasteiger partial charge in [0.2, 0.25) is 10.0 Å². The van der Waals surface area contributed by atoms with Gasteiger partial charge in [0.05, 0.1) is 5.75 Å². The minimum absolute atomic E-state index is 0.0514. The summed E-state index contributed by atoms with van der Waals surface area (Å²) < 4.78 is 22.9. The molecule has 0 amide bonds. The molecule has 1 aromatic heterocycles. The number of rotatable bonds is 3. The molecule has 68 valence electrons. The molecule has 1 rings (SSSR count). The Morgan fingerprint density at radius 2 is 2.33 bits per heavy atom. The third-order valence-corrected chi connectivity index (χ3v) is 2.29. The summed E-state index contributed by atoms with van der Waals surface area (Å²) in [5, 5.41) is 4.84. The van der Waals surface area contributed by atoms with Crippen molar-refractivity contribution in [3.05, 3.63) is 18.2 Å². The molecule has 2 N–H and O–H groups in total. The van der Waals surface area contributed by atoms with Crippen molar-refractivity contribution in [1.29, 1.82) is 0 Å². The molecule has 0 spiro atoms. The van der Waals surface area contributed by atoms with Gasteiger partial charge in [-0.3, -0.25) is 0 Å². The van der Waals surface area contributed by atoms with Crippen LogP contribution in [0.15, 0.2) is 12.4 Å². The summed E-state index contributed by atoms with van der Waals surface area (Å²) in [5.41, 5.74) is 0. The van der Waals surface area contributed by atoms with Crippen molar-refractivity contribution >= 4 is 10.0 Å². The van der Waals surface area contributed by atoms with E-state index >= 15 is 0 Å². The summed E-state index contributed by atoms with van der Waals surface area (Å²) in [6.45, 7) is 2.17. The molecule has 1 heterocycles. The van der Waals surface area contributed by atoms with Crippen LogP contribution in [0.2, 0.25) is 0 Å². The zero-order valence-corrected chi connectivity index (χ0v) is 7.58. The third kappa shape index (κ3) is 2.63. The third-order valence-electron chi connectivity index (χ3n) is 1.54. The number of nitrogens with zero attached hydrogens (tertiary/aromatic N) is 2. The summed E-state index contributed by atoms with van der Waals surface area (Å²) in [7, 11) is -3.37. The van der Waals surface area contributed by atoms with Gasteiger partial charge in [0, 0.05) is 18.9 Å². The molecule has 0 radical (unpaired) electrons. The Morgan fingerprint density at radius 3 is 2.75 bits per heavy atom. The Bertz CT molecular complexity index is 355. The first-order chi connectivity index (χ1) is 5.49. The topological polar surface area (TPSA) is 78.0 Å². The van der Waals surface area contributed by atoms with Crippen LogP contribution >= 0.6 is 0 Å². The molecule has 0 saturated heterocycles. The molecule has 5 nitrogen and oxygen atoms in total. The monoisotopic (exact) mass is 189 g/mol. The summed E-state index contributed by atoms with van der Waals surface area (Å²) in [6.07, 6.45) is 3.35. The molecule has 6 heteroatoms. The first-order valence-corrected chi connectivity index (χ1v) is 5.19. The largest absolute Gasteiger partial charge is 0.334 e. The minimum Gasteiger partial charge on any atom is -0.334 e. The quantitative estimate of drug-likeness (QED) is 0.695. The predicted molar refractivity (Wildman–Crippen MR) is 44.9 cm³/mol. The highest BCUT2D eigenvalue weighted by Crippen LogP contribution is 1.95. The number of imidazole rings is 1. The van der Waals surface area contributed by atoms with Crippen LogP contribution in [0.3, 0.4) is 0 Å². The fourth-order valence-corrected chi connectivity index (χ4v) is 1.32. The molecule has 0 aliphatic carbocycles. The number of nitrogens with two attached hydrogens (primary N) is 1. The molecular weight excluding hydrogens is 178 g/mol. The van der Waals surface area contributed by atoms with Gasteiger partial charge in [-0.25, -0.2) is 18.5 Å². The van der Waals surface area contributed by atoms with Crippen molar-refractivity contribution in [2.75, 3.05) is 5.75 Å². The van der Waals surface area contributed by atoms with Gasteiger partial charge in [0.25, 0.3) is 0 Å². The van der Waals surface area contributed by atoms with E-state index in [0.717, 1.165) is 5.82 Å². The van der Waals surface area contributed by atoms with E-state index in [9.17, 15) is 8.42 Å². The highest BCUT2D eigenvalue weighted by molar-refractivity contribution is 7.89. The maximum absolute atomic E-state index is 10.6. The average Bonchev–Trinajstić information content (AvgIpc) is 2.29. The van der Waals surface area contributed by atoms with Crippen LogP contribution in [0.1, 0.15) is 5.82 Å². The molecule has 0 aliphatic rings. The molecule has 1 aromatic rings. The Labute approximate surface area is 71.3 Å². The summed E-state index contributed by atoms with van der Waals surface area (Å²) in [5.74, 6) is 0.739. The number of sulfonamides is 1. The number of primary sulfonamides is 1. The number of aryl methyl sites for hydroxylation is 2. The van der Waals surface area contributed by atoms with E-state index < -0.39 is 10.0 Å². The summed E-state index contributed by atoms with van der Waals surface area (Å²) >= 11 is 0. The van der Waals surface area contributed by atoms with E-state index in [-0.39, 0.29) is 5.75 Å². The molecule has 0 fully saturated rings. The Kier molecular flexibility index (Phi) is 2.49. The summed E-state index contributed by atoms with van der Waals surface area (Å²) in [4.78, 5) is 3.94. The fraction of sp³-hybridized carbons (Fsp3) is 0.500. The van der Waals surface area contributed by atoms with E-state index in [4.69, 9.17) is 5.14 Å². The number of aromatic nitrogens is 2. The lowest BCUT2D eigenvalue weighted by Gasteiger charge is -2.02. The van der Waals surface area contributed by atoms with Gasteiger partial charge in [-0.15, -0.1) is 0 Å². The van der Waals surface area contributed by atoms with E-state index in [1.165, 1.54) is 0 Å². The predicted octanol–water partition coefficient (Wildman–Crippen LogP) is -0.520. The molecule has 0 aromatic carbocycles. The van der Waals surface area contributed by atoms with Gasteiger partial charge in [-0.2, -0.15) is 0 Å². The SMILES string of the molecule is Cc1nccn1CCS(N)(=O)=O. The van der Waals surface area contributed by atoms with Crippen LogP contribution in [-0.4, -0.2) is 23.7 Å². The molecular formula is C6H11N3O2S. The van der Waals surface area contributed by atoms with E-state index in [0.29, 0.717) is 6.54 Å². The average molecular weight is 189 g/mol. The van der Waals surface area contributed by atoms with Crippen molar-refractivity contribution in [2.24, 2.45) is 5.14 Å². The van der Waals surface area contributed by atoms with Gasteiger partial charge in [0.1, 0.15) is 5.82 Å². The van der Waals surface area contributed by atoms with E-state index in [1.807, 2.05) is 6.92 Å². The summed E-state index contributed by atoms with van der Waals surface area (Å²) in [6, 6.07) is 0. The van der Waals surface area contributed by atoms with Crippen molar-refractivity contribution in [1.82, 2.24) is 9.55 Å². The minimum atomic E-state index is -3.37. The Balaban J connectivity index is 2.61. The molecule has 0 unspecified atom stereocenters. The van der Waals surface area contributed by atoms with Crippen molar-refractivity contribution in [3.63, 3.8) is 0 Å². The number of hydrogen-bond acceptors (Lipinski definition) is 3. The lowest BCUT2D eigenvalue weighted by atomic mass is 10.6. The van der Waals surface area contributed by atoms with Gasteiger partial charge in [-0.1, -0.05) is 0 Å². The second-order valence-corrected chi connectivity index (χ2v) is 4.27. The first kappa shape index (κ1) is 9.21. The van der Waals surface area contributed by atoms with Crippen LogP contribution in [0, 0.1) is 6.92 Å². The van der Waals surface area contributed by atoms with Crippen LogP contribution < -0.4 is 5.14 Å². The van der Waals surface area contributed by atoms with Crippen LogP contribution in [0.4, 0.5) is 0 Å². The first-order valence-electron chi connectivity index (χ1n) is 3.47. The molecule has 0 saturated carbocycles. The molecule has 0 aliphatic heterocycles. The van der Waals surface area contributed by atoms with E-state index in [1.54, 1.807) is 17.0 Å². The highest BCUT2D eigenvalue weighted by atomic mass is 32.2. The van der Waals surface area contributed by atoms with Crippen molar-refractivity contribution < 1.29 is 8.42 Å². The molecule has 0 bridgehead atoms. The van der Waals surface area contributed by atoms with E-state index in [2.05, 4.69) is 4.98 Å². The lowest BCUT2D eigenvalue weighted by molar-refractivity contribution is 0.589. The van der Waals surface area contributed by atoms with Gasteiger partial charge in [0.15, 0.2) is 0 Å². The molecule has 12 heavy (non-hydrogen) atoms. The van der Waals surface area contributed by atoms with Crippen molar-refractivity contribution in [3.8, 4) is 0 Å². The molecule has 0 atom stereocenters. The smallest absolute Gasteiger partial charge is 0.210 e. The lowest BCUT2D eigenvalue weighted by Crippen LogP contribution is -2.20. The maximum Gasteiger partial charge on any atom is 0.210 e. The van der Waals surface area contributed by atoms with Crippen LogP contribution in [-0.2, 0) is 16.6 Å². The standard InChI is InChI=1S/C6H11N3O2S/c1-6-8-2-3-9(6)4-5-12(7,10)11/h2-3H,4-5H2,1H3,(H2,7,10,11). The Morgan fingerprint density at radius 1 is 1.67 bits per heavy atom. The van der Waals surface area contributed by atoms with Crippen molar-refractivity contribution in [2.45, 2.75) is 13.5 Å². The zero-order chi connectivity index (χ0) is 9.19. The second kappa shape index (κ2) is 3.24. The fourth-order valence-electron chi connectivity index (χ4n) is 0.866. The second-order valence-electron chi connectivity index (χ2n) is 2.53.